The van der Waals surface area contributed by atoms with E-state index in [-0.39, 0.29) is 5.91 Å². The van der Waals surface area contributed by atoms with E-state index in [1.54, 1.807) is 12.4 Å². The predicted molar refractivity (Wildman–Crippen MR) is 85.5 cm³/mol. The normalized spacial score (nSPS) is 24.6. The summed E-state index contributed by atoms with van der Waals surface area (Å²) >= 11 is 0. The van der Waals surface area contributed by atoms with Gasteiger partial charge in [-0.1, -0.05) is 0 Å². The van der Waals surface area contributed by atoms with Gasteiger partial charge in [-0.05, 0) is 44.1 Å². The summed E-state index contributed by atoms with van der Waals surface area (Å²) < 4.78 is 0. The minimum absolute atomic E-state index is 0.261. The Labute approximate surface area is 131 Å². The molecule has 2 aliphatic rings. The molecular weight excluding hydrogens is 278 g/mol. The molecule has 3 rings (SSSR count). The fraction of sp³-hybridized carbons (Fsp3) is 0.688. The molecule has 0 bridgehead atoms. The van der Waals surface area contributed by atoms with E-state index in [0.717, 1.165) is 45.3 Å². The first-order valence-electron chi connectivity index (χ1n) is 8.33. The van der Waals surface area contributed by atoms with Crippen molar-refractivity contribution in [1.29, 1.82) is 0 Å². The number of carbonyl (C=O) groups excluding carboxylic acids is 1. The zero-order chi connectivity index (χ0) is 15.2. The highest BCUT2D eigenvalue weighted by atomic mass is 16.2. The molecule has 6 nitrogen and oxygen atoms in total. The van der Waals surface area contributed by atoms with Gasteiger partial charge in [-0.25, -0.2) is 9.97 Å². The lowest BCUT2D eigenvalue weighted by Gasteiger charge is -2.18. The van der Waals surface area contributed by atoms with Crippen LogP contribution in [-0.2, 0) is 4.79 Å². The Hall–Kier alpha value is -1.69. The van der Waals surface area contributed by atoms with Gasteiger partial charge < -0.3 is 15.5 Å². The summed E-state index contributed by atoms with van der Waals surface area (Å²) in [5, 5.41) is 6.73. The Balaban J connectivity index is 1.34. The zero-order valence-corrected chi connectivity index (χ0v) is 13.0. The lowest BCUT2D eigenvalue weighted by atomic mass is 10.1. The predicted octanol–water partition coefficient (Wildman–Crippen LogP) is 1.27. The summed E-state index contributed by atoms with van der Waals surface area (Å²) in [6, 6.07) is 2.29. The van der Waals surface area contributed by atoms with Crippen molar-refractivity contribution >= 4 is 11.9 Å². The van der Waals surface area contributed by atoms with E-state index in [2.05, 4.69) is 20.6 Å². The van der Waals surface area contributed by atoms with E-state index in [4.69, 9.17) is 0 Å². The highest BCUT2D eigenvalue weighted by Crippen LogP contribution is 2.25. The summed E-state index contributed by atoms with van der Waals surface area (Å²) in [7, 11) is 0. The number of anilines is 1. The SMILES string of the molecule is O=C(CNC1CCC(CNc2ncccn2)C1)N1CCCC1. The molecule has 1 aromatic rings. The summed E-state index contributed by atoms with van der Waals surface area (Å²) in [4.78, 5) is 22.4. The second kappa shape index (κ2) is 7.54. The van der Waals surface area contributed by atoms with E-state index in [0.29, 0.717) is 24.5 Å². The lowest BCUT2D eigenvalue weighted by molar-refractivity contribution is -0.129. The van der Waals surface area contributed by atoms with Crippen LogP contribution in [-0.4, -0.2) is 53.0 Å². The maximum absolute atomic E-state index is 12.0. The van der Waals surface area contributed by atoms with Gasteiger partial charge in [-0.2, -0.15) is 0 Å². The minimum Gasteiger partial charge on any atom is -0.354 e. The molecule has 2 atom stereocenters. The van der Waals surface area contributed by atoms with Gasteiger partial charge in [0, 0.05) is 38.1 Å². The highest BCUT2D eigenvalue weighted by molar-refractivity contribution is 5.78. The van der Waals surface area contributed by atoms with Crippen LogP contribution in [0.25, 0.3) is 0 Å². The molecule has 1 saturated heterocycles. The monoisotopic (exact) mass is 303 g/mol. The third kappa shape index (κ3) is 4.16. The van der Waals surface area contributed by atoms with Gasteiger partial charge in [0.1, 0.15) is 0 Å². The Morgan fingerprint density at radius 1 is 1.23 bits per heavy atom. The summed E-state index contributed by atoms with van der Waals surface area (Å²) in [5.74, 6) is 1.59. The minimum atomic E-state index is 0.261. The van der Waals surface area contributed by atoms with Crippen LogP contribution in [0, 0.1) is 5.92 Å². The molecule has 2 N–H and O–H groups in total. The van der Waals surface area contributed by atoms with Crippen molar-refractivity contribution in [2.24, 2.45) is 5.92 Å². The largest absolute Gasteiger partial charge is 0.354 e. The molecule has 0 radical (unpaired) electrons. The van der Waals surface area contributed by atoms with Crippen LogP contribution < -0.4 is 10.6 Å². The number of hydrogen-bond donors (Lipinski definition) is 2. The third-order valence-electron chi connectivity index (χ3n) is 4.66. The number of nitrogens with zero attached hydrogens (tertiary/aromatic N) is 3. The fourth-order valence-electron chi connectivity index (χ4n) is 3.38. The number of carbonyl (C=O) groups is 1. The third-order valence-corrected chi connectivity index (χ3v) is 4.66. The number of hydrogen-bond acceptors (Lipinski definition) is 5. The maximum atomic E-state index is 12.0. The molecule has 2 unspecified atom stereocenters. The van der Waals surface area contributed by atoms with Crippen LogP contribution in [0.2, 0.25) is 0 Å². The maximum Gasteiger partial charge on any atom is 0.236 e. The topological polar surface area (TPSA) is 70.1 Å². The second-order valence-electron chi connectivity index (χ2n) is 6.30. The van der Waals surface area contributed by atoms with Crippen LogP contribution >= 0.6 is 0 Å². The van der Waals surface area contributed by atoms with Crippen LogP contribution in [0.1, 0.15) is 32.1 Å². The Morgan fingerprint density at radius 3 is 2.77 bits per heavy atom. The van der Waals surface area contributed by atoms with E-state index in [1.165, 1.54) is 6.42 Å². The molecule has 1 aliphatic heterocycles. The van der Waals surface area contributed by atoms with Crippen molar-refractivity contribution in [3.8, 4) is 0 Å². The van der Waals surface area contributed by atoms with Crippen LogP contribution in [0.15, 0.2) is 18.5 Å². The first kappa shape index (κ1) is 15.2. The van der Waals surface area contributed by atoms with Crippen LogP contribution in [0.4, 0.5) is 5.95 Å². The molecule has 1 saturated carbocycles. The van der Waals surface area contributed by atoms with Gasteiger partial charge in [-0.3, -0.25) is 4.79 Å². The van der Waals surface area contributed by atoms with Gasteiger partial charge in [-0.15, -0.1) is 0 Å². The number of rotatable bonds is 6. The molecule has 1 amide bonds. The number of nitrogens with one attached hydrogen (secondary N) is 2. The summed E-state index contributed by atoms with van der Waals surface area (Å²) in [5.41, 5.74) is 0. The van der Waals surface area contributed by atoms with Gasteiger partial charge in [0.05, 0.1) is 6.54 Å². The van der Waals surface area contributed by atoms with Gasteiger partial charge in [0.2, 0.25) is 11.9 Å². The zero-order valence-electron chi connectivity index (χ0n) is 13.0. The Kier molecular flexibility index (Phi) is 5.21. The van der Waals surface area contributed by atoms with Crippen molar-refractivity contribution in [3.63, 3.8) is 0 Å². The average molecular weight is 303 g/mol. The van der Waals surface area contributed by atoms with Crippen molar-refractivity contribution in [2.45, 2.75) is 38.1 Å². The van der Waals surface area contributed by atoms with Gasteiger partial charge in [0.15, 0.2) is 0 Å². The van der Waals surface area contributed by atoms with Gasteiger partial charge in [0.25, 0.3) is 0 Å². The quantitative estimate of drug-likeness (QED) is 0.828. The summed E-state index contributed by atoms with van der Waals surface area (Å²) in [6.45, 7) is 3.28. The molecule has 0 aromatic carbocycles. The fourth-order valence-corrected chi connectivity index (χ4v) is 3.38. The van der Waals surface area contributed by atoms with E-state index in [1.807, 2.05) is 11.0 Å². The van der Waals surface area contributed by atoms with Crippen molar-refractivity contribution in [3.05, 3.63) is 18.5 Å². The molecule has 22 heavy (non-hydrogen) atoms. The van der Waals surface area contributed by atoms with Crippen molar-refractivity contribution < 1.29 is 4.79 Å². The first-order chi connectivity index (χ1) is 10.8. The summed E-state index contributed by atoms with van der Waals surface area (Å²) in [6.07, 6.45) is 9.27. The van der Waals surface area contributed by atoms with Crippen molar-refractivity contribution in [1.82, 2.24) is 20.2 Å². The number of likely N-dealkylation sites (tertiary alicyclic amines) is 1. The molecule has 1 aliphatic carbocycles. The number of amides is 1. The first-order valence-corrected chi connectivity index (χ1v) is 8.33. The van der Waals surface area contributed by atoms with Crippen molar-refractivity contribution in [2.75, 3.05) is 31.5 Å². The second-order valence-corrected chi connectivity index (χ2v) is 6.30. The lowest BCUT2D eigenvalue weighted by Crippen LogP contribution is -2.39. The van der Waals surface area contributed by atoms with Gasteiger partial charge >= 0.3 is 0 Å². The van der Waals surface area contributed by atoms with E-state index >= 15 is 0 Å². The molecule has 1 aromatic heterocycles. The van der Waals surface area contributed by atoms with Crippen LogP contribution in [0.5, 0.6) is 0 Å². The molecular formula is C16H25N5O. The average Bonchev–Trinajstić information content (AvgIpc) is 3.23. The Bertz CT molecular complexity index is 475. The van der Waals surface area contributed by atoms with Crippen LogP contribution in [0.3, 0.4) is 0 Å². The molecule has 2 heterocycles. The molecule has 2 fully saturated rings. The van der Waals surface area contributed by atoms with E-state index < -0.39 is 0 Å². The molecule has 6 heteroatoms. The molecule has 0 spiro atoms. The highest BCUT2D eigenvalue weighted by Gasteiger charge is 2.26. The number of aromatic nitrogens is 2. The Morgan fingerprint density at radius 2 is 2.00 bits per heavy atom. The standard InChI is InChI=1S/C16H25N5O/c22-15(21-8-1-2-9-21)12-19-14-5-4-13(10-14)11-20-16-17-6-3-7-18-16/h3,6-7,13-14,19H,1-2,4-5,8-12H2,(H,17,18,20). The molecule has 120 valence electrons. The smallest absolute Gasteiger partial charge is 0.236 e. The van der Waals surface area contributed by atoms with E-state index in [9.17, 15) is 4.79 Å².